The van der Waals surface area contributed by atoms with Crippen LogP contribution < -0.4 is 26.5 Å². The second-order valence-corrected chi connectivity index (χ2v) is 9.31. The van der Waals surface area contributed by atoms with Crippen molar-refractivity contribution in [3.05, 3.63) is 46.2 Å². The fourth-order valence-electron chi connectivity index (χ4n) is 5.68. The molecule has 0 saturated carbocycles. The van der Waals surface area contributed by atoms with Gasteiger partial charge in [-0.2, -0.15) is 0 Å². The molecule has 0 spiro atoms. The second kappa shape index (κ2) is 8.17. The number of aromatic amines is 2. The average molecular weight is 417 g/mol. The summed E-state index contributed by atoms with van der Waals surface area (Å²) in [6.07, 6.45) is 15.0. The molecule has 2 aliphatic heterocycles. The zero-order valence-corrected chi connectivity index (χ0v) is 18.0. The third-order valence-corrected chi connectivity index (χ3v) is 7.39. The summed E-state index contributed by atoms with van der Waals surface area (Å²) in [6, 6.07) is 4.63. The topological polar surface area (TPSA) is 80.6 Å². The van der Waals surface area contributed by atoms with Crippen LogP contribution in [0.2, 0.25) is 0 Å². The number of fused-ring (bicyclic) bond motifs is 2. The molecule has 3 aromatic rings. The van der Waals surface area contributed by atoms with E-state index in [1.165, 1.54) is 52.8 Å². The second-order valence-electron chi connectivity index (χ2n) is 9.31. The van der Waals surface area contributed by atoms with E-state index in [1.54, 1.807) is 0 Å². The molecule has 162 valence electrons. The van der Waals surface area contributed by atoms with Crippen molar-refractivity contribution in [2.45, 2.75) is 50.0 Å². The van der Waals surface area contributed by atoms with Gasteiger partial charge in [-0.15, -0.1) is 0 Å². The van der Waals surface area contributed by atoms with Crippen molar-refractivity contribution in [2.24, 2.45) is 0 Å². The molecule has 3 aliphatic rings. The van der Waals surface area contributed by atoms with Crippen LogP contribution in [0.15, 0.2) is 24.5 Å². The van der Waals surface area contributed by atoms with Gasteiger partial charge in [0.05, 0.1) is 6.04 Å². The summed E-state index contributed by atoms with van der Waals surface area (Å²) in [6.45, 7) is 4.48. The van der Waals surface area contributed by atoms with Crippen molar-refractivity contribution < 1.29 is 0 Å². The van der Waals surface area contributed by atoms with Crippen molar-refractivity contribution in [3.8, 4) is 0 Å². The standard InChI is InChI=1S/C25H32N6/c1-2-19-21(16-5-9-26-10-6-16)14-28-23(19)13-18(1)30-24-4-3-20-22(15-29-25(20)31-24)17-7-11-27-12-8-17/h2-4,13-18,26-28H,1,5-12H2,(H2,29,30,31). The fourth-order valence-corrected chi connectivity index (χ4v) is 5.68. The molecule has 6 heteroatoms. The number of hydrogen-bond acceptors (Lipinski definition) is 4. The summed E-state index contributed by atoms with van der Waals surface area (Å²) in [7, 11) is 0. The maximum atomic E-state index is 4.89. The van der Waals surface area contributed by atoms with Crippen molar-refractivity contribution in [3.63, 3.8) is 0 Å². The molecule has 5 N–H and O–H groups in total. The Morgan fingerprint density at radius 2 is 1.55 bits per heavy atom. The number of anilines is 1. The molecule has 6 rings (SSSR count). The van der Waals surface area contributed by atoms with Gasteiger partial charge >= 0.3 is 0 Å². The Labute approximate surface area is 182 Å². The summed E-state index contributed by atoms with van der Waals surface area (Å²) < 4.78 is 0. The van der Waals surface area contributed by atoms with Gasteiger partial charge in [-0.25, -0.2) is 4.98 Å². The first-order valence-corrected chi connectivity index (χ1v) is 11.9. The molecular weight excluding hydrogens is 384 g/mol. The van der Waals surface area contributed by atoms with Crippen molar-refractivity contribution in [1.82, 2.24) is 25.6 Å². The Bertz CT molecular complexity index is 1180. The fraction of sp³-hybridized carbons (Fsp3) is 0.480. The lowest BCUT2D eigenvalue weighted by Gasteiger charge is -2.22. The van der Waals surface area contributed by atoms with Crippen LogP contribution in [0, 0.1) is 0 Å². The monoisotopic (exact) mass is 416 g/mol. The molecule has 2 saturated heterocycles. The predicted molar refractivity (Wildman–Crippen MR) is 127 cm³/mol. The van der Waals surface area contributed by atoms with Gasteiger partial charge in [0.2, 0.25) is 0 Å². The average Bonchev–Trinajstić information content (AvgIpc) is 3.44. The summed E-state index contributed by atoms with van der Waals surface area (Å²) in [5.41, 5.74) is 3.92. The Morgan fingerprint density at radius 3 is 2.32 bits per heavy atom. The van der Waals surface area contributed by atoms with E-state index < -0.39 is 0 Å². The van der Waals surface area contributed by atoms with Gasteiger partial charge in [-0.1, -0.05) is 6.08 Å². The molecule has 0 bridgehead atoms. The number of piperidine rings is 2. The van der Waals surface area contributed by atoms with E-state index in [1.807, 2.05) is 0 Å². The number of nitrogens with zero attached hydrogens (tertiary/aromatic N) is 1. The number of hydrogen-bond donors (Lipinski definition) is 5. The van der Waals surface area contributed by atoms with Crippen LogP contribution in [0.4, 0.5) is 5.82 Å². The molecule has 5 heterocycles. The molecule has 0 radical (unpaired) electrons. The van der Waals surface area contributed by atoms with Crippen molar-refractivity contribution >= 4 is 29.0 Å². The Balaban J connectivity index is 1.21. The van der Waals surface area contributed by atoms with E-state index in [4.69, 9.17) is 4.98 Å². The maximum absolute atomic E-state index is 4.89. The van der Waals surface area contributed by atoms with Gasteiger partial charge in [0.1, 0.15) is 11.5 Å². The minimum atomic E-state index is 0.260. The van der Waals surface area contributed by atoms with E-state index in [9.17, 15) is 0 Å². The van der Waals surface area contributed by atoms with Gasteiger partial charge < -0.3 is 25.9 Å². The molecule has 0 aromatic carbocycles. The predicted octanol–water partition coefficient (Wildman–Crippen LogP) is 2.27. The molecule has 2 fully saturated rings. The molecule has 1 aliphatic carbocycles. The van der Waals surface area contributed by atoms with E-state index in [0.29, 0.717) is 11.8 Å². The highest BCUT2D eigenvalue weighted by Crippen LogP contribution is 2.31. The van der Waals surface area contributed by atoms with Crippen LogP contribution in [-0.4, -0.2) is 47.2 Å². The number of aromatic nitrogens is 3. The van der Waals surface area contributed by atoms with Crippen LogP contribution in [0.3, 0.4) is 0 Å². The normalized spacial score (nSPS) is 22.6. The first kappa shape index (κ1) is 19.1. The maximum Gasteiger partial charge on any atom is 0.139 e. The van der Waals surface area contributed by atoms with Gasteiger partial charge in [0.15, 0.2) is 0 Å². The lowest BCUT2D eigenvalue weighted by molar-refractivity contribution is 0.459. The first-order valence-electron chi connectivity index (χ1n) is 11.9. The van der Waals surface area contributed by atoms with Gasteiger partial charge in [0.25, 0.3) is 0 Å². The molecule has 6 nitrogen and oxygen atoms in total. The highest BCUT2D eigenvalue weighted by Gasteiger charge is 2.21. The number of nitrogens with one attached hydrogen (secondary N) is 5. The molecular formula is C25H32N6. The smallest absolute Gasteiger partial charge is 0.139 e. The summed E-state index contributed by atoms with van der Waals surface area (Å²) in [4.78, 5) is 11.8. The number of H-pyrrole nitrogens is 2. The Kier molecular flexibility index (Phi) is 5.04. The van der Waals surface area contributed by atoms with Crippen molar-refractivity contribution in [1.29, 1.82) is 0 Å². The lowest BCUT2D eigenvalue weighted by Crippen LogP contribution is -2.36. The van der Waals surface area contributed by atoms with E-state index in [0.717, 1.165) is 44.1 Å². The summed E-state index contributed by atoms with van der Waals surface area (Å²) in [5.74, 6) is 2.26. The third kappa shape index (κ3) is 3.68. The SMILES string of the molecule is C1=c2[nH]cc(C3CCNCC3)c2=CCC1Nc1ccc2c(C3CCNCC3)c[nH]c2n1. The van der Waals surface area contributed by atoms with E-state index >= 15 is 0 Å². The van der Waals surface area contributed by atoms with E-state index in [2.05, 4.69) is 62.6 Å². The minimum Gasteiger partial charge on any atom is -0.363 e. The van der Waals surface area contributed by atoms with Gasteiger partial charge in [-0.3, -0.25) is 0 Å². The van der Waals surface area contributed by atoms with Crippen LogP contribution in [0.5, 0.6) is 0 Å². The largest absolute Gasteiger partial charge is 0.363 e. The lowest BCUT2D eigenvalue weighted by atomic mass is 9.90. The van der Waals surface area contributed by atoms with Gasteiger partial charge in [-0.05, 0) is 105 Å². The van der Waals surface area contributed by atoms with Crippen LogP contribution in [0.25, 0.3) is 23.2 Å². The highest BCUT2D eigenvalue weighted by molar-refractivity contribution is 5.82. The van der Waals surface area contributed by atoms with Crippen molar-refractivity contribution in [2.75, 3.05) is 31.5 Å². The molecule has 31 heavy (non-hydrogen) atoms. The quantitative estimate of drug-likeness (QED) is 0.452. The number of rotatable bonds is 4. The summed E-state index contributed by atoms with van der Waals surface area (Å²) >= 11 is 0. The molecule has 3 aromatic heterocycles. The van der Waals surface area contributed by atoms with Crippen LogP contribution >= 0.6 is 0 Å². The molecule has 0 amide bonds. The third-order valence-electron chi connectivity index (χ3n) is 7.39. The van der Waals surface area contributed by atoms with E-state index in [-0.39, 0.29) is 6.04 Å². The Morgan fingerprint density at radius 1 is 0.839 bits per heavy atom. The van der Waals surface area contributed by atoms with Gasteiger partial charge in [0, 0.05) is 23.1 Å². The Hall–Kier alpha value is -2.57. The first-order chi connectivity index (χ1) is 15.3. The zero-order valence-electron chi connectivity index (χ0n) is 18.0. The minimum absolute atomic E-state index is 0.260. The molecule has 1 atom stereocenters. The summed E-state index contributed by atoms with van der Waals surface area (Å²) in [5, 5.41) is 14.5. The van der Waals surface area contributed by atoms with Crippen LogP contribution in [-0.2, 0) is 0 Å². The zero-order chi connectivity index (χ0) is 20.6. The highest BCUT2D eigenvalue weighted by atomic mass is 15.0. The van der Waals surface area contributed by atoms with Crippen LogP contribution in [0.1, 0.15) is 55.1 Å². The molecule has 1 unspecified atom stereocenters. The number of pyridine rings is 1.